The minimum atomic E-state index is -0.441. The van der Waals surface area contributed by atoms with Crippen molar-refractivity contribution in [2.24, 2.45) is 5.73 Å². The van der Waals surface area contributed by atoms with Crippen LogP contribution in [0.3, 0.4) is 0 Å². The first-order valence-corrected chi connectivity index (χ1v) is 6.16. The highest BCUT2D eigenvalue weighted by molar-refractivity contribution is 7.80. The maximum absolute atomic E-state index is 13.0. The number of thiocarbonyl (C=S) groups is 1. The van der Waals surface area contributed by atoms with Gasteiger partial charge in [0.25, 0.3) is 0 Å². The Morgan fingerprint density at radius 1 is 1.37 bits per heavy atom. The third-order valence-electron chi connectivity index (χ3n) is 2.37. The van der Waals surface area contributed by atoms with E-state index < -0.39 is 5.82 Å². The van der Waals surface area contributed by atoms with Crippen LogP contribution in [0.1, 0.15) is 11.3 Å². The molecule has 0 bridgehead atoms. The van der Waals surface area contributed by atoms with Crippen LogP contribution in [0.5, 0.6) is 11.6 Å². The van der Waals surface area contributed by atoms with Gasteiger partial charge in [-0.15, -0.1) is 0 Å². The SMILES string of the molecule is Cc1ccc(C(N)=S)c(Oc2ccc(F)cc2Cl)n1. The van der Waals surface area contributed by atoms with Crippen LogP contribution in [-0.4, -0.2) is 9.97 Å². The largest absolute Gasteiger partial charge is 0.437 e. The van der Waals surface area contributed by atoms with Crippen molar-refractivity contribution >= 4 is 28.8 Å². The molecule has 0 fully saturated rings. The zero-order chi connectivity index (χ0) is 14.0. The van der Waals surface area contributed by atoms with Gasteiger partial charge < -0.3 is 10.5 Å². The van der Waals surface area contributed by atoms with Gasteiger partial charge >= 0.3 is 0 Å². The molecule has 19 heavy (non-hydrogen) atoms. The lowest BCUT2D eigenvalue weighted by molar-refractivity contribution is 0.459. The normalized spacial score (nSPS) is 10.3. The van der Waals surface area contributed by atoms with Crippen LogP contribution in [0.15, 0.2) is 30.3 Å². The molecule has 2 rings (SSSR count). The Bertz CT molecular complexity index is 649. The Kier molecular flexibility index (Phi) is 3.97. The van der Waals surface area contributed by atoms with Gasteiger partial charge in [0, 0.05) is 5.69 Å². The second-order valence-corrected chi connectivity index (χ2v) is 4.69. The van der Waals surface area contributed by atoms with Crippen LogP contribution in [0.2, 0.25) is 5.02 Å². The van der Waals surface area contributed by atoms with Gasteiger partial charge in [0.05, 0.1) is 10.6 Å². The molecular weight excluding hydrogens is 287 g/mol. The lowest BCUT2D eigenvalue weighted by Gasteiger charge is -2.11. The van der Waals surface area contributed by atoms with E-state index in [1.807, 2.05) is 6.92 Å². The molecule has 0 amide bonds. The molecule has 0 aliphatic heterocycles. The van der Waals surface area contributed by atoms with Crippen LogP contribution >= 0.6 is 23.8 Å². The summed E-state index contributed by atoms with van der Waals surface area (Å²) in [5, 5.41) is 0.150. The minimum absolute atomic E-state index is 0.150. The summed E-state index contributed by atoms with van der Waals surface area (Å²) in [6.07, 6.45) is 0. The van der Waals surface area contributed by atoms with Gasteiger partial charge in [-0.2, -0.15) is 0 Å². The van der Waals surface area contributed by atoms with Crippen molar-refractivity contribution in [2.75, 3.05) is 0 Å². The molecule has 6 heteroatoms. The number of hydrogen-bond acceptors (Lipinski definition) is 3. The monoisotopic (exact) mass is 296 g/mol. The van der Waals surface area contributed by atoms with Gasteiger partial charge in [-0.1, -0.05) is 23.8 Å². The molecule has 3 nitrogen and oxygen atoms in total. The zero-order valence-electron chi connectivity index (χ0n) is 9.98. The number of benzene rings is 1. The Morgan fingerprint density at radius 3 is 2.74 bits per heavy atom. The predicted molar refractivity (Wildman–Crippen MR) is 76.3 cm³/mol. The van der Waals surface area contributed by atoms with Gasteiger partial charge in [0.15, 0.2) is 0 Å². The van der Waals surface area contributed by atoms with Crippen molar-refractivity contribution in [1.82, 2.24) is 4.98 Å². The van der Waals surface area contributed by atoms with Crippen LogP contribution in [0.25, 0.3) is 0 Å². The highest BCUT2D eigenvalue weighted by Crippen LogP contribution is 2.30. The third-order valence-corrected chi connectivity index (χ3v) is 2.88. The number of ether oxygens (including phenoxy) is 1. The summed E-state index contributed by atoms with van der Waals surface area (Å²) in [5.41, 5.74) is 6.84. The van der Waals surface area contributed by atoms with E-state index in [0.29, 0.717) is 11.3 Å². The lowest BCUT2D eigenvalue weighted by Crippen LogP contribution is -2.12. The number of nitrogens with zero attached hydrogens (tertiary/aromatic N) is 1. The van der Waals surface area contributed by atoms with Gasteiger partial charge in [-0.3, -0.25) is 0 Å². The molecule has 0 aliphatic rings. The van der Waals surface area contributed by atoms with Gasteiger partial charge in [-0.05, 0) is 37.3 Å². The minimum Gasteiger partial charge on any atom is -0.437 e. The summed E-state index contributed by atoms with van der Waals surface area (Å²) in [6, 6.07) is 7.32. The molecule has 0 radical (unpaired) electrons. The molecule has 0 saturated heterocycles. The fourth-order valence-electron chi connectivity index (χ4n) is 1.46. The van der Waals surface area contributed by atoms with Crippen molar-refractivity contribution in [3.63, 3.8) is 0 Å². The highest BCUT2D eigenvalue weighted by Gasteiger charge is 2.12. The number of aromatic nitrogens is 1. The smallest absolute Gasteiger partial charge is 0.229 e. The Balaban J connectivity index is 2.42. The maximum atomic E-state index is 13.0. The first-order valence-electron chi connectivity index (χ1n) is 5.37. The Morgan fingerprint density at radius 2 is 2.11 bits per heavy atom. The summed E-state index contributed by atoms with van der Waals surface area (Å²) in [6.45, 7) is 1.81. The number of aryl methyl sites for hydroxylation is 1. The van der Waals surface area contributed by atoms with Crippen molar-refractivity contribution in [3.05, 3.63) is 52.4 Å². The number of nitrogens with two attached hydrogens (primary N) is 1. The van der Waals surface area contributed by atoms with Gasteiger partial charge in [0.1, 0.15) is 16.6 Å². The summed E-state index contributed by atoms with van der Waals surface area (Å²) < 4.78 is 18.5. The Hall–Kier alpha value is -1.72. The van der Waals surface area contributed by atoms with E-state index >= 15 is 0 Å². The molecule has 98 valence electrons. The molecule has 0 atom stereocenters. The molecule has 1 aromatic carbocycles. The highest BCUT2D eigenvalue weighted by atomic mass is 35.5. The summed E-state index contributed by atoms with van der Waals surface area (Å²) in [4.78, 5) is 4.38. The number of halogens is 2. The van der Waals surface area contributed by atoms with E-state index in [1.165, 1.54) is 12.1 Å². The molecule has 1 aromatic heterocycles. The first kappa shape index (κ1) is 13.7. The van der Waals surface area contributed by atoms with E-state index in [1.54, 1.807) is 12.1 Å². The lowest BCUT2D eigenvalue weighted by atomic mass is 10.2. The van der Waals surface area contributed by atoms with Crippen molar-refractivity contribution in [2.45, 2.75) is 6.92 Å². The number of pyridine rings is 1. The van der Waals surface area contributed by atoms with E-state index in [2.05, 4.69) is 4.98 Å². The molecule has 1 heterocycles. The van der Waals surface area contributed by atoms with Crippen molar-refractivity contribution in [1.29, 1.82) is 0 Å². The van der Waals surface area contributed by atoms with E-state index in [9.17, 15) is 4.39 Å². The first-order chi connectivity index (χ1) is 8.97. The average Bonchev–Trinajstić information content (AvgIpc) is 2.32. The third kappa shape index (κ3) is 3.19. The quantitative estimate of drug-likeness (QED) is 0.879. The van der Waals surface area contributed by atoms with E-state index in [4.69, 9.17) is 34.3 Å². The van der Waals surface area contributed by atoms with E-state index in [0.717, 1.165) is 11.8 Å². The maximum Gasteiger partial charge on any atom is 0.229 e. The number of hydrogen-bond donors (Lipinski definition) is 1. The fourth-order valence-corrected chi connectivity index (χ4v) is 1.82. The molecule has 0 spiro atoms. The van der Waals surface area contributed by atoms with Crippen molar-refractivity contribution in [3.8, 4) is 11.6 Å². The summed E-state index contributed by atoms with van der Waals surface area (Å²) in [5.74, 6) is 0.101. The predicted octanol–water partition coefficient (Wildman–Crippen LogP) is 3.61. The van der Waals surface area contributed by atoms with Crippen LogP contribution in [0, 0.1) is 12.7 Å². The van der Waals surface area contributed by atoms with Crippen LogP contribution in [0.4, 0.5) is 4.39 Å². The standard InChI is InChI=1S/C13H10ClFN2OS/c1-7-2-4-9(12(16)19)13(17-7)18-11-5-3-8(15)6-10(11)14/h2-6H,1H3,(H2,16,19). The molecule has 0 unspecified atom stereocenters. The average molecular weight is 297 g/mol. The van der Waals surface area contributed by atoms with Crippen molar-refractivity contribution < 1.29 is 9.13 Å². The Labute approximate surface area is 120 Å². The van der Waals surface area contributed by atoms with Crippen LogP contribution < -0.4 is 10.5 Å². The van der Waals surface area contributed by atoms with E-state index in [-0.39, 0.29) is 15.9 Å². The topological polar surface area (TPSA) is 48.1 Å². The molecule has 2 N–H and O–H groups in total. The second kappa shape index (κ2) is 5.50. The zero-order valence-corrected chi connectivity index (χ0v) is 11.6. The molecular formula is C13H10ClFN2OS. The van der Waals surface area contributed by atoms with Crippen LogP contribution in [-0.2, 0) is 0 Å². The number of rotatable bonds is 3. The second-order valence-electron chi connectivity index (χ2n) is 3.85. The summed E-state index contributed by atoms with van der Waals surface area (Å²) >= 11 is 10.8. The summed E-state index contributed by atoms with van der Waals surface area (Å²) in [7, 11) is 0. The molecule has 2 aromatic rings. The molecule has 0 saturated carbocycles. The van der Waals surface area contributed by atoms with Gasteiger partial charge in [0.2, 0.25) is 5.88 Å². The van der Waals surface area contributed by atoms with Gasteiger partial charge in [-0.25, -0.2) is 9.37 Å². The molecule has 0 aliphatic carbocycles. The fraction of sp³-hybridized carbons (Fsp3) is 0.0769.